The highest BCUT2D eigenvalue weighted by Crippen LogP contribution is 2.25. The summed E-state index contributed by atoms with van der Waals surface area (Å²) in [6.07, 6.45) is 0.991. The predicted molar refractivity (Wildman–Crippen MR) is 86.0 cm³/mol. The van der Waals surface area contributed by atoms with Gasteiger partial charge in [0.15, 0.2) is 0 Å². The van der Waals surface area contributed by atoms with Crippen molar-refractivity contribution in [2.24, 2.45) is 5.73 Å². The fourth-order valence-electron chi connectivity index (χ4n) is 2.69. The quantitative estimate of drug-likeness (QED) is 0.921. The number of hydrogen-bond acceptors (Lipinski definition) is 3. The normalized spacial score (nSPS) is 26.3. The second-order valence-corrected chi connectivity index (χ2v) is 7.79. The van der Waals surface area contributed by atoms with Crippen LogP contribution in [0.15, 0.2) is 24.3 Å². The maximum Gasteiger partial charge on any atom is 0.0409 e. The smallest absolute Gasteiger partial charge is 0.0409 e. The van der Waals surface area contributed by atoms with Gasteiger partial charge in [0.2, 0.25) is 0 Å². The Morgan fingerprint density at radius 1 is 1.37 bits per heavy atom. The summed E-state index contributed by atoms with van der Waals surface area (Å²) in [7, 11) is 0. The Hall–Kier alpha value is -0.220. The van der Waals surface area contributed by atoms with Gasteiger partial charge >= 0.3 is 0 Å². The largest absolute Gasteiger partial charge is 0.324 e. The molecule has 0 amide bonds. The molecule has 1 aromatic carbocycles. The van der Waals surface area contributed by atoms with Gasteiger partial charge in [0.25, 0.3) is 0 Å². The predicted octanol–water partition coefficient (Wildman–Crippen LogP) is 3.56. The Bertz CT molecular complexity index is 403. The first-order valence-corrected chi connectivity index (χ1v) is 8.25. The molecule has 0 radical (unpaired) electrons. The van der Waals surface area contributed by atoms with E-state index in [0.717, 1.165) is 34.1 Å². The van der Waals surface area contributed by atoms with E-state index in [1.54, 1.807) is 0 Å². The molecule has 1 aromatic rings. The van der Waals surface area contributed by atoms with Crippen molar-refractivity contribution in [1.82, 2.24) is 4.90 Å². The van der Waals surface area contributed by atoms with Crippen molar-refractivity contribution < 1.29 is 0 Å². The molecule has 0 bridgehead atoms. The van der Waals surface area contributed by atoms with Crippen LogP contribution < -0.4 is 5.73 Å². The zero-order valence-electron chi connectivity index (χ0n) is 11.7. The SMILES string of the molecule is CC1CN(CCC(N)c2cccc(Cl)c2)CC(C)S1. The number of nitrogens with two attached hydrogens (primary N) is 1. The van der Waals surface area contributed by atoms with Gasteiger partial charge in [-0.05, 0) is 24.1 Å². The summed E-state index contributed by atoms with van der Waals surface area (Å²) in [6.45, 7) is 8.05. The van der Waals surface area contributed by atoms with Crippen molar-refractivity contribution >= 4 is 23.4 Å². The first-order chi connectivity index (χ1) is 9.04. The second-order valence-electron chi connectivity index (χ2n) is 5.47. The van der Waals surface area contributed by atoms with Gasteiger partial charge < -0.3 is 10.6 Å². The fourth-order valence-corrected chi connectivity index (χ4v) is 4.28. The van der Waals surface area contributed by atoms with Crippen LogP contribution in [0.1, 0.15) is 31.9 Å². The Kier molecular flexibility index (Phi) is 5.58. The van der Waals surface area contributed by atoms with E-state index in [2.05, 4.69) is 36.6 Å². The molecule has 0 saturated carbocycles. The van der Waals surface area contributed by atoms with Crippen molar-refractivity contribution in [1.29, 1.82) is 0 Å². The van der Waals surface area contributed by atoms with Gasteiger partial charge in [0.05, 0.1) is 0 Å². The molecular weight excluding hydrogens is 276 g/mol. The third-order valence-electron chi connectivity index (χ3n) is 3.53. The van der Waals surface area contributed by atoms with Crippen LogP contribution in [0.4, 0.5) is 0 Å². The van der Waals surface area contributed by atoms with Gasteiger partial charge in [-0.25, -0.2) is 0 Å². The Labute approximate surface area is 125 Å². The number of rotatable bonds is 4. The molecule has 2 rings (SSSR count). The maximum atomic E-state index is 6.26. The van der Waals surface area contributed by atoms with E-state index < -0.39 is 0 Å². The van der Waals surface area contributed by atoms with Crippen LogP contribution >= 0.6 is 23.4 Å². The summed E-state index contributed by atoms with van der Waals surface area (Å²) in [5.41, 5.74) is 7.40. The van der Waals surface area contributed by atoms with Crippen LogP contribution in [0.3, 0.4) is 0 Å². The summed E-state index contributed by atoms with van der Waals surface area (Å²) in [4.78, 5) is 2.54. The molecule has 2 N–H and O–H groups in total. The summed E-state index contributed by atoms with van der Waals surface area (Å²) >= 11 is 8.09. The molecule has 1 fully saturated rings. The molecule has 4 heteroatoms. The highest BCUT2D eigenvalue weighted by Gasteiger charge is 2.22. The average Bonchev–Trinajstić information content (AvgIpc) is 2.35. The van der Waals surface area contributed by atoms with Crippen LogP contribution in [-0.2, 0) is 0 Å². The van der Waals surface area contributed by atoms with Gasteiger partial charge in [-0.3, -0.25) is 0 Å². The molecule has 106 valence electrons. The van der Waals surface area contributed by atoms with Crippen molar-refractivity contribution in [2.75, 3.05) is 19.6 Å². The number of nitrogens with zero attached hydrogens (tertiary/aromatic N) is 1. The lowest BCUT2D eigenvalue weighted by Crippen LogP contribution is -2.41. The van der Waals surface area contributed by atoms with Crippen LogP contribution in [0.2, 0.25) is 5.02 Å². The van der Waals surface area contributed by atoms with Crippen molar-refractivity contribution in [2.45, 2.75) is 36.8 Å². The highest BCUT2D eigenvalue weighted by atomic mass is 35.5. The molecule has 1 aliphatic heterocycles. The third kappa shape index (κ3) is 4.67. The van der Waals surface area contributed by atoms with Crippen molar-refractivity contribution in [3.05, 3.63) is 34.9 Å². The van der Waals surface area contributed by atoms with Gasteiger partial charge in [-0.15, -0.1) is 0 Å². The standard InChI is InChI=1S/C15H23ClN2S/c1-11-9-18(10-12(2)19-11)7-6-15(17)13-4-3-5-14(16)8-13/h3-5,8,11-12,15H,6-7,9-10,17H2,1-2H3. The van der Waals surface area contributed by atoms with E-state index in [4.69, 9.17) is 17.3 Å². The lowest BCUT2D eigenvalue weighted by atomic mass is 10.0. The van der Waals surface area contributed by atoms with Gasteiger partial charge in [-0.2, -0.15) is 11.8 Å². The van der Waals surface area contributed by atoms with Crippen LogP contribution in [-0.4, -0.2) is 35.0 Å². The van der Waals surface area contributed by atoms with Crippen LogP contribution in [0, 0.1) is 0 Å². The third-order valence-corrected chi connectivity index (χ3v) is 4.99. The molecule has 0 aliphatic carbocycles. The molecular formula is C15H23ClN2S. The van der Waals surface area contributed by atoms with E-state index in [-0.39, 0.29) is 6.04 Å². The summed E-state index contributed by atoms with van der Waals surface area (Å²) in [5, 5.41) is 2.22. The van der Waals surface area contributed by atoms with Crippen molar-refractivity contribution in [3.8, 4) is 0 Å². The summed E-state index contributed by atoms with van der Waals surface area (Å²) < 4.78 is 0. The number of thioether (sulfide) groups is 1. The number of benzene rings is 1. The first kappa shape index (κ1) is 15.2. The lowest BCUT2D eigenvalue weighted by Gasteiger charge is -2.35. The molecule has 1 saturated heterocycles. The molecule has 19 heavy (non-hydrogen) atoms. The molecule has 2 nitrogen and oxygen atoms in total. The van der Waals surface area contributed by atoms with Gasteiger partial charge in [0.1, 0.15) is 0 Å². The monoisotopic (exact) mass is 298 g/mol. The van der Waals surface area contributed by atoms with Gasteiger partial charge in [0, 0.05) is 41.2 Å². The van der Waals surface area contributed by atoms with E-state index in [0.29, 0.717) is 0 Å². The maximum absolute atomic E-state index is 6.26. The lowest BCUT2D eigenvalue weighted by molar-refractivity contribution is 0.260. The highest BCUT2D eigenvalue weighted by molar-refractivity contribution is 8.00. The minimum absolute atomic E-state index is 0.0823. The minimum Gasteiger partial charge on any atom is -0.324 e. The molecule has 1 aliphatic rings. The second kappa shape index (κ2) is 6.98. The van der Waals surface area contributed by atoms with Crippen LogP contribution in [0.5, 0.6) is 0 Å². The zero-order valence-corrected chi connectivity index (χ0v) is 13.3. The fraction of sp³-hybridized carbons (Fsp3) is 0.600. The average molecular weight is 299 g/mol. The first-order valence-electron chi connectivity index (χ1n) is 6.93. The van der Waals surface area contributed by atoms with E-state index in [1.165, 1.54) is 13.1 Å². The van der Waals surface area contributed by atoms with E-state index >= 15 is 0 Å². The van der Waals surface area contributed by atoms with Crippen molar-refractivity contribution in [3.63, 3.8) is 0 Å². The zero-order chi connectivity index (χ0) is 13.8. The Balaban J connectivity index is 1.84. The van der Waals surface area contributed by atoms with E-state index in [9.17, 15) is 0 Å². The topological polar surface area (TPSA) is 29.3 Å². The number of hydrogen-bond donors (Lipinski definition) is 1. The Morgan fingerprint density at radius 3 is 2.68 bits per heavy atom. The van der Waals surface area contributed by atoms with Gasteiger partial charge in [-0.1, -0.05) is 37.6 Å². The molecule has 1 heterocycles. The number of halogens is 1. The van der Waals surface area contributed by atoms with Crippen LogP contribution in [0.25, 0.3) is 0 Å². The minimum atomic E-state index is 0.0823. The molecule has 3 atom stereocenters. The van der Waals surface area contributed by atoms with E-state index in [1.807, 2.05) is 18.2 Å². The Morgan fingerprint density at radius 2 is 2.05 bits per heavy atom. The molecule has 0 spiro atoms. The molecule has 3 unspecified atom stereocenters. The summed E-state index contributed by atoms with van der Waals surface area (Å²) in [5.74, 6) is 0. The molecule has 0 aromatic heterocycles. The summed E-state index contributed by atoms with van der Waals surface area (Å²) in [6, 6.07) is 7.98.